The van der Waals surface area contributed by atoms with E-state index in [-0.39, 0.29) is 12.4 Å². The van der Waals surface area contributed by atoms with E-state index >= 15 is 0 Å². The van der Waals surface area contributed by atoms with E-state index in [1.807, 2.05) is 24.3 Å². The Balaban J connectivity index is 1.77. The standard InChI is InChI=1S/C19H26O2/c1-3-6-16-9-11-17(12-10-16)19(20)14-21-13-18-8-5-4-7-15(18)2/h4-5,9-12,15,18H,3,6-8,13-14H2,1-2H3. The first-order valence-electron chi connectivity index (χ1n) is 8.05. The summed E-state index contributed by atoms with van der Waals surface area (Å²) in [6.45, 7) is 5.30. The van der Waals surface area contributed by atoms with Gasteiger partial charge >= 0.3 is 0 Å². The molecule has 0 radical (unpaired) electrons. The Bertz CT molecular complexity index is 473. The minimum atomic E-state index is 0.0806. The van der Waals surface area contributed by atoms with Crippen molar-refractivity contribution in [2.24, 2.45) is 11.8 Å². The van der Waals surface area contributed by atoms with Gasteiger partial charge in [-0.05, 0) is 36.7 Å². The molecule has 1 aliphatic carbocycles. The Kier molecular flexibility index (Phi) is 6.19. The molecule has 0 aromatic heterocycles. The van der Waals surface area contributed by atoms with Crippen molar-refractivity contribution in [3.63, 3.8) is 0 Å². The van der Waals surface area contributed by atoms with E-state index in [1.165, 1.54) is 5.56 Å². The van der Waals surface area contributed by atoms with Gasteiger partial charge in [0.2, 0.25) is 0 Å². The molecule has 0 saturated heterocycles. The molecule has 2 heteroatoms. The van der Waals surface area contributed by atoms with Crippen molar-refractivity contribution < 1.29 is 9.53 Å². The zero-order valence-corrected chi connectivity index (χ0v) is 13.2. The summed E-state index contributed by atoms with van der Waals surface area (Å²) in [6.07, 6.45) is 8.86. The molecule has 2 nitrogen and oxygen atoms in total. The molecule has 2 unspecified atom stereocenters. The number of carbonyl (C=O) groups is 1. The van der Waals surface area contributed by atoms with Crippen molar-refractivity contribution in [3.8, 4) is 0 Å². The van der Waals surface area contributed by atoms with Crippen LogP contribution in [0.1, 0.15) is 49.0 Å². The molecule has 0 bridgehead atoms. The Morgan fingerprint density at radius 3 is 2.57 bits per heavy atom. The number of benzene rings is 1. The zero-order valence-electron chi connectivity index (χ0n) is 13.2. The minimum absolute atomic E-state index is 0.0806. The monoisotopic (exact) mass is 286 g/mol. The smallest absolute Gasteiger partial charge is 0.188 e. The summed E-state index contributed by atoms with van der Waals surface area (Å²) in [5.41, 5.74) is 2.05. The minimum Gasteiger partial charge on any atom is -0.373 e. The van der Waals surface area contributed by atoms with Crippen LogP contribution in [0.3, 0.4) is 0 Å². The molecule has 2 rings (SSSR count). The summed E-state index contributed by atoms with van der Waals surface area (Å²) in [5, 5.41) is 0. The molecule has 0 N–H and O–H groups in total. The van der Waals surface area contributed by atoms with Gasteiger partial charge in [-0.25, -0.2) is 0 Å². The number of allylic oxidation sites excluding steroid dienone is 2. The first kappa shape index (κ1) is 16.0. The lowest BCUT2D eigenvalue weighted by molar-refractivity contribution is 0.0602. The van der Waals surface area contributed by atoms with E-state index in [9.17, 15) is 4.79 Å². The second-order valence-electron chi connectivity index (χ2n) is 6.07. The van der Waals surface area contributed by atoms with Gasteiger partial charge in [0, 0.05) is 5.56 Å². The summed E-state index contributed by atoms with van der Waals surface area (Å²) in [7, 11) is 0. The number of aryl methyl sites for hydroxylation is 1. The lowest BCUT2D eigenvalue weighted by Crippen LogP contribution is -2.21. The summed E-state index contributed by atoms with van der Waals surface area (Å²) in [6, 6.07) is 7.93. The van der Waals surface area contributed by atoms with E-state index < -0.39 is 0 Å². The fraction of sp³-hybridized carbons (Fsp3) is 0.526. The third-order valence-electron chi connectivity index (χ3n) is 4.30. The molecule has 114 valence electrons. The number of carbonyl (C=O) groups excluding carboxylic acids is 1. The average molecular weight is 286 g/mol. The number of hydrogen-bond donors (Lipinski definition) is 0. The molecule has 0 amide bonds. The van der Waals surface area contributed by atoms with Crippen LogP contribution in [-0.4, -0.2) is 19.0 Å². The largest absolute Gasteiger partial charge is 0.373 e. The van der Waals surface area contributed by atoms with Gasteiger partial charge < -0.3 is 4.74 Å². The maximum Gasteiger partial charge on any atom is 0.188 e. The molecule has 0 fully saturated rings. The molecule has 2 atom stereocenters. The van der Waals surface area contributed by atoms with E-state index in [1.54, 1.807) is 0 Å². The van der Waals surface area contributed by atoms with Crippen LogP contribution in [0.2, 0.25) is 0 Å². The molecule has 0 spiro atoms. The molecule has 21 heavy (non-hydrogen) atoms. The molecule has 1 aliphatic rings. The average Bonchev–Trinajstić information content (AvgIpc) is 2.50. The van der Waals surface area contributed by atoms with Gasteiger partial charge in [0.05, 0.1) is 6.61 Å². The number of ketones is 1. The Labute approximate surface area is 128 Å². The lowest BCUT2D eigenvalue weighted by atomic mass is 9.85. The van der Waals surface area contributed by atoms with Crippen LogP contribution in [-0.2, 0) is 11.2 Å². The van der Waals surface area contributed by atoms with Gasteiger partial charge in [0.25, 0.3) is 0 Å². The van der Waals surface area contributed by atoms with Gasteiger partial charge in [-0.1, -0.05) is 56.7 Å². The first-order chi connectivity index (χ1) is 10.2. The van der Waals surface area contributed by atoms with Crippen LogP contribution in [0.4, 0.5) is 0 Å². The van der Waals surface area contributed by atoms with Crippen LogP contribution in [0.5, 0.6) is 0 Å². The van der Waals surface area contributed by atoms with E-state index in [0.717, 1.165) is 31.2 Å². The number of hydrogen-bond acceptors (Lipinski definition) is 2. The fourth-order valence-corrected chi connectivity index (χ4v) is 2.77. The summed E-state index contributed by atoms with van der Waals surface area (Å²) in [4.78, 5) is 12.1. The van der Waals surface area contributed by atoms with Gasteiger partial charge in [0.15, 0.2) is 5.78 Å². The highest BCUT2D eigenvalue weighted by molar-refractivity contribution is 5.97. The van der Waals surface area contributed by atoms with E-state index in [0.29, 0.717) is 18.4 Å². The second-order valence-corrected chi connectivity index (χ2v) is 6.07. The highest BCUT2D eigenvalue weighted by atomic mass is 16.5. The van der Waals surface area contributed by atoms with Crippen molar-refractivity contribution in [1.82, 2.24) is 0 Å². The third kappa shape index (κ3) is 4.82. The van der Waals surface area contributed by atoms with E-state index in [2.05, 4.69) is 26.0 Å². The van der Waals surface area contributed by atoms with E-state index in [4.69, 9.17) is 4.74 Å². The zero-order chi connectivity index (χ0) is 15.1. The highest BCUT2D eigenvalue weighted by Gasteiger charge is 2.18. The van der Waals surface area contributed by atoms with Crippen LogP contribution < -0.4 is 0 Å². The lowest BCUT2D eigenvalue weighted by Gasteiger charge is -2.24. The van der Waals surface area contributed by atoms with Crippen LogP contribution in [0.25, 0.3) is 0 Å². The first-order valence-corrected chi connectivity index (χ1v) is 8.05. The van der Waals surface area contributed by atoms with Crippen molar-refractivity contribution in [3.05, 3.63) is 47.5 Å². The number of ether oxygens (including phenoxy) is 1. The summed E-state index contributed by atoms with van der Waals surface area (Å²) >= 11 is 0. The van der Waals surface area contributed by atoms with Crippen LogP contribution in [0, 0.1) is 11.8 Å². The van der Waals surface area contributed by atoms with Crippen molar-refractivity contribution >= 4 is 5.78 Å². The van der Waals surface area contributed by atoms with Gasteiger partial charge in [0.1, 0.15) is 6.61 Å². The molecule has 1 aromatic carbocycles. The summed E-state index contributed by atoms with van der Waals surface area (Å²) < 4.78 is 5.65. The van der Waals surface area contributed by atoms with Gasteiger partial charge in [-0.2, -0.15) is 0 Å². The molecule has 0 aliphatic heterocycles. The van der Waals surface area contributed by atoms with Gasteiger partial charge in [-0.3, -0.25) is 4.79 Å². The predicted molar refractivity (Wildman–Crippen MR) is 86.6 cm³/mol. The highest BCUT2D eigenvalue weighted by Crippen LogP contribution is 2.25. The predicted octanol–water partition coefficient (Wildman–Crippen LogP) is 4.44. The SMILES string of the molecule is CCCc1ccc(C(=O)COCC2CC=CCC2C)cc1. The Morgan fingerprint density at radius 1 is 1.19 bits per heavy atom. The quantitative estimate of drug-likeness (QED) is 0.547. The molecule has 1 aromatic rings. The Morgan fingerprint density at radius 2 is 1.90 bits per heavy atom. The third-order valence-corrected chi connectivity index (χ3v) is 4.30. The topological polar surface area (TPSA) is 26.3 Å². The maximum atomic E-state index is 12.1. The van der Waals surface area contributed by atoms with Crippen LogP contribution >= 0.6 is 0 Å². The van der Waals surface area contributed by atoms with Crippen molar-refractivity contribution in [1.29, 1.82) is 0 Å². The molecular weight excluding hydrogens is 260 g/mol. The van der Waals surface area contributed by atoms with Gasteiger partial charge in [-0.15, -0.1) is 0 Å². The number of Topliss-reactive ketones (excluding diaryl/α,β-unsaturated/α-hetero) is 1. The fourth-order valence-electron chi connectivity index (χ4n) is 2.77. The summed E-state index contributed by atoms with van der Waals surface area (Å²) in [5.74, 6) is 1.28. The molecule has 0 saturated carbocycles. The molecule has 0 heterocycles. The Hall–Kier alpha value is -1.41. The van der Waals surface area contributed by atoms with Crippen molar-refractivity contribution in [2.45, 2.75) is 39.5 Å². The normalized spacial score (nSPS) is 21.4. The van der Waals surface area contributed by atoms with Crippen LogP contribution in [0.15, 0.2) is 36.4 Å². The molecular formula is C19H26O2. The number of rotatable bonds is 7. The van der Waals surface area contributed by atoms with Crippen molar-refractivity contribution in [2.75, 3.05) is 13.2 Å². The second kappa shape index (κ2) is 8.14. The maximum absolute atomic E-state index is 12.1.